The third kappa shape index (κ3) is 6.46. The highest BCUT2D eigenvalue weighted by Crippen LogP contribution is 2.15. The van der Waals surface area contributed by atoms with Crippen molar-refractivity contribution in [3.05, 3.63) is 22.8 Å². The van der Waals surface area contributed by atoms with E-state index in [4.69, 9.17) is 4.74 Å². The van der Waals surface area contributed by atoms with Crippen molar-refractivity contribution in [2.75, 3.05) is 31.3 Å². The average Bonchev–Trinajstić information content (AvgIpc) is 2.97. The first-order valence-electron chi connectivity index (χ1n) is 7.39. The number of hydrogen-bond acceptors (Lipinski definition) is 4. The second-order valence-electron chi connectivity index (χ2n) is 5.09. The SMILES string of the molecule is Brc1ccc(OCCCCCCCN2CCSC2)nc1. The lowest BCUT2D eigenvalue weighted by molar-refractivity contribution is 0.291. The lowest BCUT2D eigenvalue weighted by atomic mass is 10.1. The van der Waals surface area contributed by atoms with Crippen LogP contribution >= 0.6 is 27.7 Å². The Morgan fingerprint density at radius 3 is 2.80 bits per heavy atom. The van der Waals surface area contributed by atoms with Crippen molar-refractivity contribution in [1.82, 2.24) is 9.88 Å². The van der Waals surface area contributed by atoms with E-state index in [9.17, 15) is 0 Å². The van der Waals surface area contributed by atoms with Gasteiger partial charge in [0.15, 0.2) is 0 Å². The molecule has 0 radical (unpaired) electrons. The van der Waals surface area contributed by atoms with Crippen molar-refractivity contribution < 1.29 is 4.74 Å². The number of nitrogens with zero attached hydrogens (tertiary/aromatic N) is 2. The van der Waals surface area contributed by atoms with Crippen LogP contribution in [0.3, 0.4) is 0 Å². The molecule has 1 aliphatic rings. The molecule has 0 bridgehead atoms. The zero-order chi connectivity index (χ0) is 14.0. The summed E-state index contributed by atoms with van der Waals surface area (Å²) in [7, 11) is 0. The average molecular weight is 359 g/mol. The maximum Gasteiger partial charge on any atom is 0.213 e. The number of rotatable bonds is 9. The van der Waals surface area contributed by atoms with Gasteiger partial charge in [0, 0.05) is 34.9 Å². The quantitative estimate of drug-likeness (QED) is 0.618. The summed E-state index contributed by atoms with van der Waals surface area (Å²) in [6.45, 7) is 3.35. The molecule has 1 aliphatic heterocycles. The van der Waals surface area contributed by atoms with Gasteiger partial charge in [-0.2, -0.15) is 0 Å². The van der Waals surface area contributed by atoms with E-state index in [-0.39, 0.29) is 0 Å². The molecule has 0 atom stereocenters. The largest absolute Gasteiger partial charge is 0.478 e. The molecular weight excluding hydrogens is 336 g/mol. The van der Waals surface area contributed by atoms with Gasteiger partial charge in [-0.15, -0.1) is 11.8 Å². The van der Waals surface area contributed by atoms with Gasteiger partial charge < -0.3 is 4.74 Å². The molecule has 1 saturated heterocycles. The minimum absolute atomic E-state index is 0.722. The van der Waals surface area contributed by atoms with E-state index in [0.29, 0.717) is 0 Å². The van der Waals surface area contributed by atoms with Crippen LogP contribution in [0.2, 0.25) is 0 Å². The fraction of sp³-hybridized carbons (Fsp3) is 0.667. The summed E-state index contributed by atoms with van der Waals surface area (Å²) in [4.78, 5) is 6.76. The van der Waals surface area contributed by atoms with Crippen LogP contribution in [0.15, 0.2) is 22.8 Å². The normalized spacial score (nSPS) is 15.7. The van der Waals surface area contributed by atoms with Crippen LogP contribution in [-0.4, -0.2) is 41.2 Å². The molecule has 5 heteroatoms. The van der Waals surface area contributed by atoms with Crippen LogP contribution in [0.25, 0.3) is 0 Å². The minimum atomic E-state index is 0.722. The highest BCUT2D eigenvalue weighted by Gasteiger charge is 2.10. The predicted octanol–water partition coefficient (Wildman–Crippen LogP) is 4.18. The molecule has 0 unspecified atom stereocenters. The summed E-state index contributed by atoms with van der Waals surface area (Å²) in [6.07, 6.45) is 8.15. The molecule has 3 nitrogen and oxygen atoms in total. The zero-order valence-corrected chi connectivity index (χ0v) is 14.3. The number of thioether (sulfide) groups is 1. The van der Waals surface area contributed by atoms with E-state index in [1.165, 1.54) is 50.4 Å². The number of unbranched alkanes of at least 4 members (excludes halogenated alkanes) is 4. The predicted molar refractivity (Wildman–Crippen MR) is 89.4 cm³/mol. The zero-order valence-electron chi connectivity index (χ0n) is 11.9. The fourth-order valence-electron chi connectivity index (χ4n) is 2.22. The molecule has 112 valence electrons. The van der Waals surface area contributed by atoms with Crippen LogP contribution in [0.4, 0.5) is 0 Å². The fourth-order valence-corrected chi connectivity index (χ4v) is 3.49. The Kier molecular flexibility index (Phi) is 7.76. The molecule has 2 heterocycles. The summed E-state index contributed by atoms with van der Waals surface area (Å²) in [5.41, 5.74) is 0. The Balaban J connectivity index is 1.40. The summed E-state index contributed by atoms with van der Waals surface area (Å²) in [5.74, 6) is 3.29. The first kappa shape index (κ1) is 16.1. The lowest BCUT2D eigenvalue weighted by Gasteiger charge is -2.12. The number of pyridine rings is 1. The van der Waals surface area contributed by atoms with Crippen LogP contribution in [0.1, 0.15) is 32.1 Å². The second kappa shape index (κ2) is 9.64. The molecule has 0 aliphatic carbocycles. The molecule has 1 fully saturated rings. The first-order chi connectivity index (χ1) is 9.84. The van der Waals surface area contributed by atoms with Crippen LogP contribution in [0, 0.1) is 0 Å². The van der Waals surface area contributed by atoms with Crippen molar-refractivity contribution in [2.24, 2.45) is 0 Å². The molecule has 20 heavy (non-hydrogen) atoms. The van der Waals surface area contributed by atoms with Crippen molar-refractivity contribution in [2.45, 2.75) is 32.1 Å². The lowest BCUT2D eigenvalue weighted by Crippen LogP contribution is -2.20. The molecule has 0 saturated carbocycles. The Labute approximate surface area is 134 Å². The van der Waals surface area contributed by atoms with E-state index in [1.54, 1.807) is 6.20 Å². The summed E-state index contributed by atoms with van der Waals surface area (Å²) in [5, 5.41) is 0. The molecule has 1 aromatic rings. The Hall–Kier alpha value is -0.260. The molecule has 1 aromatic heterocycles. The maximum atomic E-state index is 5.61. The second-order valence-corrected chi connectivity index (χ2v) is 7.08. The summed E-state index contributed by atoms with van der Waals surface area (Å²) in [6, 6.07) is 3.86. The van der Waals surface area contributed by atoms with Crippen molar-refractivity contribution in [3.63, 3.8) is 0 Å². The van der Waals surface area contributed by atoms with Crippen molar-refractivity contribution >= 4 is 27.7 Å². The van der Waals surface area contributed by atoms with Crippen LogP contribution < -0.4 is 4.74 Å². The Bertz CT molecular complexity index is 369. The van der Waals surface area contributed by atoms with E-state index in [0.717, 1.165) is 23.4 Å². The van der Waals surface area contributed by atoms with Gasteiger partial charge in [-0.05, 0) is 41.4 Å². The van der Waals surface area contributed by atoms with E-state index < -0.39 is 0 Å². The van der Waals surface area contributed by atoms with E-state index in [1.807, 2.05) is 12.1 Å². The molecule has 2 rings (SSSR count). The van der Waals surface area contributed by atoms with Gasteiger partial charge in [-0.3, -0.25) is 4.90 Å². The number of ether oxygens (including phenoxy) is 1. The van der Waals surface area contributed by atoms with Gasteiger partial charge in [0.05, 0.1) is 6.61 Å². The third-order valence-electron chi connectivity index (χ3n) is 3.39. The standard InChI is InChI=1S/C15H23BrN2OS/c16-14-6-7-15(17-12-14)19-10-5-3-1-2-4-8-18-9-11-20-13-18/h6-7,12H,1-5,8-11,13H2. The van der Waals surface area contributed by atoms with Gasteiger partial charge in [0.2, 0.25) is 5.88 Å². The summed E-state index contributed by atoms with van der Waals surface area (Å²) < 4.78 is 6.59. The first-order valence-corrected chi connectivity index (χ1v) is 9.34. The smallest absolute Gasteiger partial charge is 0.213 e. The monoisotopic (exact) mass is 358 g/mol. The van der Waals surface area contributed by atoms with Gasteiger partial charge >= 0.3 is 0 Å². The van der Waals surface area contributed by atoms with Crippen LogP contribution in [-0.2, 0) is 0 Å². The van der Waals surface area contributed by atoms with E-state index >= 15 is 0 Å². The van der Waals surface area contributed by atoms with Gasteiger partial charge in [-0.25, -0.2) is 4.98 Å². The molecule has 0 aromatic carbocycles. The van der Waals surface area contributed by atoms with E-state index in [2.05, 4.69) is 37.6 Å². The molecule has 0 amide bonds. The van der Waals surface area contributed by atoms with Crippen LogP contribution in [0.5, 0.6) is 5.88 Å². The molecule has 0 spiro atoms. The number of halogens is 1. The van der Waals surface area contributed by atoms with Gasteiger partial charge in [0.1, 0.15) is 0 Å². The topological polar surface area (TPSA) is 25.4 Å². The third-order valence-corrected chi connectivity index (χ3v) is 4.88. The van der Waals surface area contributed by atoms with Gasteiger partial charge in [0.25, 0.3) is 0 Å². The minimum Gasteiger partial charge on any atom is -0.478 e. The maximum absolute atomic E-state index is 5.61. The summed E-state index contributed by atoms with van der Waals surface area (Å²) >= 11 is 5.42. The Morgan fingerprint density at radius 1 is 1.20 bits per heavy atom. The highest BCUT2D eigenvalue weighted by molar-refractivity contribution is 9.10. The molecule has 0 N–H and O–H groups in total. The van der Waals surface area contributed by atoms with Crippen molar-refractivity contribution in [3.8, 4) is 5.88 Å². The highest BCUT2D eigenvalue weighted by atomic mass is 79.9. The van der Waals surface area contributed by atoms with Gasteiger partial charge in [-0.1, -0.05) is 19.3 Å². The number of hydrogen-bond donors (Lipinski definition) is 0. The van der Waals surface area contributed by atoms with Crippen molar-refractivity contribution in [1.29, 1.82) is 0 Å². The number of aromatic nitrogens is 1. The Morgan fingerprint density at radius 2 is 2.05 bits per heavy atom. The molecular formula is C15H23BrN2OS.